The molecule has 28 heavy (non-hydrogen) atoms. The van der Waals surface area contributed by atoms with Crippen molar-refractivity contribution in [3.63, 3.8) is 0 Å². The molecular weight excluding hydrogens is 370 g/mol. The third-order valence-electron chi connectivity index (χ3n) is 4.64. The van der Waals surface area contributed by atoms with Gasteiger partial charge in [0.2, 0.25) is 5.17 Å². The zero-order chi connectivity index (χ0) is 19.8. The molecule has 0 radical (unpaired) electrons. The maximum atomic E-state index is 12.6. The molecule has 0 saturated carbocycles. The van der Waals surface area contributed by atoms with Gasteiger partial charge in [-0.2, -0.15) is 15.1 Å². The second-order valence-electron chi connectivity index (χ2n) is 6.86. The van der Waals surface area contributed by atoms with E-state index in [0.717, 1.165) is 34.8 Å². The minimum absolute atomic E-state index is 0.0713. The summed E-state index contributed by atoms with van der Waals surface area (Å²) in [6.45, 7) is 6.20. The number of amidine groups is 2. The zero-order valence-corrected chi connectivity index (χ0v) is 16.9. The Morgan fingerprint density at radius 1 is 1.25 bits per heavy atom. The molecule has 4 rings (SSSR count). The minimum Gasteiger partial charge on any atom is -0.317 e. The molecule has 2 aromatic rings. The van der Waals surface area contributed by atoms with E-state index >= 15 is 0 Å². The number of nitrogens with zero attached hydrogens (tertiary/aromatic N) is 4. The fraction of sp³-hybridized carbons (Fsp3) is 0.238. The molecule has 0 atom stereocenters. The lowest BCUT2D eigenvalue weighted by molar-refractivity contribution is -0.114. The smallest absolute Gasteiger partial charge is 0.283 e. The van der Waals surface area contributed by atoms with Crippen LogP contribution in [0.2, 0.25) is 0 Å². The van der Waals surface area contributed by atoms with Crippen LogP contribution in [0.3, 0.4) is 0 Å². The molecule has 0 spiro atoms. The molecule has 3 heterocycles. The van der Waals surface area contributed by atoms with Crippen molar-refractivity contribution in [3.05, 3.63) is 58.9 Å². The lowest BCUT2D eigenvalue weighted by Crippen LogP contribution is -2.35. The quantitative estimate of drug-likeness (QED) is 0.779. The van der Waals surface area contributed by atoms with Crippen molar-refractivity contribution in [1.29, 1.82) is 5.41 Å². The number of benzene rings is 1. The fourth-order valence-corrected chi connectivity index (χ4v) is 4.29. The maximum Gasteiger partial charge on any atom is 0.283 e. The highest BCUT2D eigenvalue weighted by molar-refractivity contribution is 8.26. The van der Waals surface area contributed by atoms with Crippen molar-refractivity contribution in [2.45, 2.75) is 33.6 Å². The molecule has 1 N–H and O–H groups in total. The molecule has 0 saturated heterocycles. The standard InChI is InChI=1S/C21H21N5OS/c1-4-6-18-24-26-19(22)16(20(27)23-21(26)28-18)12-15-7-5-10-25(15)17-9-8-13(2)11-14(17)3/h5,7-12,22H,4,6H2,1-3H3/b16-12-,22-19?. The third kappa shape index (κ3) is 3.22. The summed E-state index contributed by atoms with van der Waals surface area (Å²) in [5.41, 5.74) is 4.46. The molecule has 2 aliphatic heterocycles. The number of hydrazone groups is 1. The molecule has 142 valence electrons. The topological polar surface area (TPSA) is 73.8 Å². The Kier molecular flexibility index (Phi) is 4.77. The van der Waals surface area contributed by atoms with Crippen molar-refractivity contribution in [2.24, 2.45) is 10.1 Å². The highest BCUT2D eigenvalue weighted by atomic mass is 32.2. The average Bonchev–Trinajstić information content (AvgIpc) is 3.26. The summed E-state index contributed by atoms with van der Waals surface area (Å²) in [6, 6.07) is 10.1. The molecule has 0 bridgehead atoms. The van der Waals surface area contributed by atoms with Crippen LogP contribution < -0.4 is 0 Å². The molecule has 7 heteroatoms. The lowest BCUT2D eigenvalue weighted by atomic mass is 10.1. The maximum absolute atomic E-state index is 12.6. The van der Waals surface area contributed by atoms with Gasteiger partial charge in [-0.3, -0.25) is 10.2 Å². The fourth-order valence-electron chi connectivity index (χ4n) is 3.30. The summed E-state index contributed by atoms with van der Waals surface area (Å²) >= 11 is 1.37. The van der Waals surface area contributed by atoms with Gasteiger partial charge >= 0.3 is 0 Å². The van der Waals surface area contributed by atoms with Crippen LogP contribution in [0.5, 0.6) is 0 Å². The highest BCUT2D eigenvalue weighted by Gasteiger charge is 2.35. The van der Waals surface area contributed by atoms with Gasteiger partial charge in [0.25, 0.3) is 5.91 Å². The number of thioether (sulfide) groups is 1. The molecule has 1 aromatic heterocycles. The van der Waals surface area contributed by atoms with Crippen LogP contribution >= 0.6 is 11.8 Å². The average molecular weight is 392 g/mol. The van der Waals surface area contributed by atoms with Crippen molar-refractivity contribution < 1.29 is 4.79 Å². The Balaban J connectivity index is 1.72. The van der Waals surface area contributed by atoms with Gasteiger partial charge in [0.1, 0.15) is 5.04 Å². The normalized spacial score (nSPS) is 17.8. The van der Waals surface area contributed by atoms with E-state index in [2.05, 4.69) is 49.1 Å². The molecular formula is C21H21N5OS. The van der Waals surface area contributed by atoms with E-state index in [9.17, 15) is 4.79 Å². The van der Waals surface area contributed by atoms with Gasteiger partial charge in [-0.15, -0.1) is 0 Å². The van der Waals surface area contributed by atoms with Crippen molar-refractivity contribution in [2.75, 3.05) is 0 Å². The van der Waals surface area contributed by atoms with Crippen LogP contribution in [0.25, 0.3) is 11.8 Å². The van der Waals surface area contributed by atoms with Gasteiger partial charge in [0, 0.05) is 17.6 Å². The number of amides is 1. The first-order valence-corrected chi connectivity index (χ1v) is 10.0. The predicted molar refractivity (Wildman–Crippen MR) is 115 cm³/mol. The zero-order valence-electron chi connectivity index (χ0n) is 16.1. The van der Waals surface area contributed by atoms with Gasteiger partial charge < -0.3 is 4.57 Å². The van der Waals surface area contributed by atoms with E-state index in [1.807, 2.05) is 22.9 Å². The number of fused-ring (bicyclic) bond motifs is 1. The second-order valence-corrected chi connectivity index (χ2v) is 7.90. The molecule has 0 fully saturated rings. The first-order valence-electron chi connectivity index (χ1n) is 9.22. The number of aliphatic imine (C=N–C) groups is 1. The monoisotopic (exact) mass is 391 g/mol. The Morgan fingerprint density at radius 2 is 2.07 bits per heavy atom. The number of aryl methyl sites for hydroxylation is 2. The first-order chi connectivity index (χ1) is 13.5. The number of hydrogen-bond acceptors (Lipinski definition) is 4. The van der Waals surface area contributed by atoms with Crippen LogP contribution in [-0.4, -0.2) is 31.5 Å². The van der Waals surface area contributed by atoms with E-state index < -0.39 is 5.91 Å². The van der Waals surface area contributed by atoms with Crippen LogP contribution in [-0.2, 0) is 4.79 Å². The summed E-state index contributed by atoms with van der Waals surface area (Å²) < 4.78 is 2.02. The number of carbonyl (C=O) groups is 1. The number of nitrogens with one attached hydrogen (secondary N) is 1. The highest BCUT2D eigenvalue weighted by Crippen LogP contribution is 2.30. The molecule has 0 aliphatic carbocycles. The summed E-state index contributed by atoms with van der Waals surface area (Å²) in [7, 11) is 0. The number of hydrogen-bond donors (Lipinski definition) is 1. The van der Waals surface area contributed by atoms with E-state index in [1.165, 1.54) is 22.3 Å². The number of rotatable bonds is 4. The molecule has 6 nitrogen and oxygen atoms in total. The molecule has 0 unspecified atom stereocenters. The van der Waals surface area contributed by atoms with E-state index in [4.69, 9.17) is 5.41 Å². The third-order valence-corrected chi connectivity index (χ3v) is 5.61. The molecule has 1 aromatic carbocycles. The number of carbonyl (C=O) groups excluding carboxylic acids is 1. The molecule has 2 aliphatic rings. The van der Waals surface area contributed by atoms with Gasteiger partial charge in [0.15, 0.2) is 5.84 Å². The van der Waals surface area contributed by atoms with Gasteiger partial charge in [-0.1, -0.05) is 24.6 Å². The Bertz CT molecular complexity index is 1080. The van der Waals surface area contributed by atoms with Gasteiger partial charge in [0.05, 0.1) is 5.57 Å². The minimum atomic E-state index is -0.398. The lowest BCUT2D eigenvalue weighted by Gasteiger charge is -2.20. The van der Waals surface area contributed by atoms with Gasteiger partial charge in [-0.05, 0) is 68.3 Å². The van der Waals surface area contributed by atoms with Crippen molar-refractivity contribution >= 4 is 39.8 Å². The Morgan fingerprint density at radius 3 is 2.82 bits per heavy atom. The van der Waals surface area contributed by atoms with Crippen molar-refractivity contribution in [1.82, 2.24) is 9.58 Å². The molecule has 1 amide bonds. The SMILES string of the molecule is CCCC1=NN2C(=N)/C(=C/c3cccn3-c3ccc(C)cc3C)C(=O)N=C2S1. The Hall–Kier alpha value is -2.93. The van der Waals surface area contributed by atoms with Gasteiger partial charge in [-0.25, -0.2) is 0 Å². The largest absolute Gasteiger partial charge is 0.317 e. The summed E-state index contributed by atoms with van der Waals surface area (Å²) in [6.07, 6.45) is 5.46. The number of aromatic nitrogens is 1. The van der Waals surface area contributed by atoms with Crippen LogP contribution in [0.15, 0.2) is 52.2 Å². The summed E-state index contributed by atoms with van der Waals surface area (Å²) in [5, 5.41) is 15.8. The summed E-state index contributed by atoms with van der Waals surface area (Å²) in [5.74, 6) is -0.327. The van der Waals surface area contributed by atoms with Crippen molar-refractivity contribution in [3.8, 4) is 5.69 Å². The predicted octanol–water partition coefficient (Wildman–Crippen LogP) is 4.51. The second kappa shape index (κ2) is 7.24. The van der Waals surface area contributed by atoms with E-state index in [-0.39, 0.29) is 11.4 Å². The van der Waals surface area contributed by atoms with Crippen LogP contribution in [0.4, 0.5) is 0 Å². The van der Waals surface area contributed by atoms with Crippen LogP contribution in [0.1, 0.15) is 36.6 Å². The van der Waals surface area contributed by atoms with Crippen LogP contribution in [0, 0.1) is 19.3 Å². The Labute approximate surface area is 168 Å². The first kappa shape index (κ1) is 18.4. The van der Waals surface area contributed by atoms with E-state index in [1.54, 1.807) is 6.08 Å². The van der Waals surface area contributed by atoms with E-state index in [0.29, 0.717) is 5.17 Å². The summed E-state index contributed by atoms with van der Waals surface area (Å²) in [4.78, 5) is 16.8.